The second-order valence-corrected chi connectivity index (χ2v) is 5.53. The zero-order valence-electron chi connectivity index (χ0n) is 10.1. The summed E-state index contributed by atoms with van der Waals surface area (Å²) >= 11 is 3.31. The van der Waals surface area contributed by atoms with Gasteiger partial charge in [0.2, 0.25) is 5.95 Å². The molecule has 0 saturated carbocycles. The molecule has 0 bridgehead atoms. The van der Waals surface area contributed by atoms with E-state index in [1.165, 1.54) is 0 Å². The fourth-order valence-electron chi connectivity index (χ4n) is 2.31. The Morgan fingerprint density at radius 2 is 2.11 bits per heavy atom. The van der Waals surface area contributed by atoms with Crippen molar-refractivity contribution in [3.63, 3.8) is 0 Å². The summed E-state index contributed by atoms with van der Waals surface area (Å²) < 4.78 is 0.833. The summed E-state index contributed by atoms with van der Waals surface area (Å²) in [4.78, 5) is 10.5. The van der Waals surface area contributed by atoms with Gasteiger partial charge >= 0.3 is 0 Å². The summed E-state index contributed by atoms with van der Waals surface area (Å²) in [6.07, 6.45) is 6.47. The molecule has 100 valence electrons. The number of halogens is 1. The third-order valence-corrected chi connectivity index (χ3v) is 3.66. The van der Waals surface area contributed by atoms with Gasteiger partial charge in [-0.2, -0.15) is 15.4 Å². The van der Waals surface area contributed by atoms with Gasteiger partial charge < -0.3 is 10.0 Å². The molecule has 1 fully saturated rings. The van der Waals surface area contributed by atoms with E-state index in [1.54, 1.807) is 18.6 Å². The van der Waals surface area contributed by atoms with Gasteiger partial charge in [0, 0.05) is 18.9 Å². The molecule has 7 nitrogen and oxygen atoms in total. The molecule has 1 aliphatic heterocycles. The molecule has 1 unspecified atom stereocenters. The zero-order chi connectivity index (χ0) is 13.3. The molecule has 19 heavy (non-hydrogen) atoms. The van der Waals surface area contributed by atoms with Crippen molar-refractivity contribution in [2.24, 2.45) is 0 Å². The smallest absolute Gasteiger partial charge is 0.225 e. The Morgan fingerprint density at radius 1 is 1.32 bits per heavy atom. The van der Waals surface area contributed by atoms with E-state index in [9.17, 15) is 5.11 Å². The summed E-state index contributed by atoms with van der Waals surface area (Å²) in [5.41, 5.74) is -0.434. The number of nitrogens with zero attached hydrogens (tertiary/aromatic N) is 5. The van der Waals surface area contributed by atoms with Crippen molar-refractivity contribution >= 4 is 21.9 Å². The van der Waals surface area contributed by atoms with E-state index >= 15 is 0 Å². The van der Waals surface area contributed by atoms with Crippen LogP contribution in [0.4, 0.5) is 5.95 Å². The van der Waals surface area contributed by atoms with E-state index in [1.807, 2.05) is 4.90 Å². The molecule has 0 amide bonds. The zero-order valence-corrected chi connectivity index (χ0v) is 11.7. The summed E-state index contributed by atoms with van der Waals surface area (Å²) in [5.74, 6) is 0.616. The van der Waals surface area contributed by atoms with Gasteiger partial charge in [0.05, 0.1) is 17.2 Å². The maximum atomic E-state index is 10.7. The molecule has 0 aliphatic carbocycles. The highest BCUT2D eigenvalue weighted by molar-refractivity contribution is 9.10. The fourth-order valence-corrected chi connectivity index (χ4v) is 2.52. The third-order valence-electron chi connectivity index (χ3n) is 3.25. The van der Waals surface area contributed by atoms with Crippen LogP contribution in [0.1, 0.15) is 18.5 Å². The molecule has 1 saturated heterocycles. The molecule has 2 N–H and O–H groups in total. The number of aliphatic hydroxyl groups is 1. The lowest BCUT2D eigenvalue weighted by molar-refractivity contribution is 0.0172. The fraction of sp³-hybridized carbons (Fsp3) is 0.455. The molecule has 8 heteroatoms. The van der Waals surface area contributed by atoms with Crippen molar-refractivity contribution in [3.8, 4) is 0 Å². The maximum absolute atomic E-state index is 10.7. The molecule has 0 spiro atoms. The van der Waals surface area contributed by atoms with E-state index in [0.717, 1.165) is 17.4 Å². The Kier molecular flexibility index (Phi) is 3.19. The second-order valence-electron chi connectivity index (χ2n) is 4.61. The minimum atomic E-state index is -0.998. The van der Waals surface area contributed by atoms with Crippen LogP contribution in [0.3, 0.4) is 0 Å². The Hall–Kier alpha value is -1.54. The highest BCUT2D eigenvalue weighted by Gasteiger charge is 2.37. The molecule has 0 aromatic carbocycles. The van der Waals surface area contributed by atoms with E-state index < -0.39 is 5.60 Å². The highest BCUT2D eigenvalue weighted by Crippen LogP contribution is 2.31. The highest BCUT2D eigenvalue weighted by atomic mass is 79.9. The largest absolute Gasteiger partial charge is 0.382 e. The first-order chi connectivity index (χ1) is 9.17. The monoisotopic (exact) mass is 324 g/mol. The first kappa shape index (κ1) is 12.5. The first-order valence-corrected chi connectivity index (χ1v) is 6.78. The Bertz CT molecular complexity index is 545. The van der Waals surface area contributed by atoms with E-state index in [2.05, 4.69) is 41.3 Å². The predicted molar refractivity (Wildman–Crippen MR) is 71.5 cm³/mol. The lowest BCUT2D eigenvalue weighted by Gasteiger charge is -2.37. The number of hydrogen-bond acceptors (Lipinski definition) is 6. The van der Waals surface area contributed by atoms with E-state index in [4.69, 9.17) is 0 Å². The van der Waals surface area contributed by atoms with Crippen molar-refractivity contribution in [2.45, 2.75) is 18.4 Å². The summed E-state index contributed by atoms with van der Waals surface area (Å²) in [6, 6.07) is 0. The minimum Gasteiger partial charge on any atom is -0.382 e. The van der Waals surface area contributed by atoms with Crippen LogP contribution in [-0.2, 0) is 5.60 Å². The number of H-pyrrole nitrogens is 1. The summed E-state index contributed by atoms with van der Waals surface area (Å²) in [7, 11) is 0. The summed E-state index contributed by atoms with van der Waals surface area (Å²) in [6.45, 7) is 1.24. The number of hydrogen-bond donors (Lipinski definition) is 2. The SMILES string of the molecule is OC1(c2cn[nH]n2)CCCN(c2ncc(Br)cn2)C1. The molecule has 2 aromatic rings. The number of aromatic nitrogens is 5. The normalized spacial score (nSPS) is 23.6. The van der Waals surface area contributed by atoms with Gasteiger partial charge in [-0.3, -0.25) is 0 Å². The van der Waals surface area contributed by atoms with Crippen LogP contribution in [0.25, 0.3) is 0 Å². The van der Waals surface area contributed by atoms with Crippen LogP contribution in [0.15, 0.2) is 23.1 Å². The average molecular weight is 325 g/mol. The number of anilines is 1. The molecule has 0 radical (unpaired) electrons. The van der Waals surface area contributed by atoms with Crippen LogP contribution in [-0.4, -0.2) is 43.6 Å². The molecule has 3 heterocycles. The molecular formula is C11H13BrN6O. The lowest BCUT2D eigenvalue weighted by Crippen LogP contribution is -2.47. The lowest BCUT2D eigenvalue weighted by atomic mass is 9.90. The minimum absolute atomic E-state index is 0.418. The number of piperidine rings is 1. The van der Waals surface area contributed by atoms with Crippen LogP contribution in [0.2, 0.25) is 0 Å². The average Bonchev–Trinajstić information content (AvgIpc) is 2.94. The number of β-amino-alcohol motifs (C(OH)–C–C–N with tert-alkyl or cyclic N) is 1. The van der Waals surface area contributed by atoms with Crippen molar-refractivity contribution in [1.29, 1.82) is 0 Å². The quantitative estimate of drug-likeness (QED) is 0.850. The molecule has 3 rings (SSSR count). The topological polar surface area (TPSA) is 90.8 Å². The van der Waals surface area contributed by atoms with Crippen LogP contribution in [0, 0.1) is 0 Å². The standard InChI is InChI=1S/C11H13BrN6O/c12-8-4-13-10(14-5-8)18-3-1-2-11(19,7-18)9-6-15-17-16-9/h4-6,19H,1-3,7H2,(H,15,16,17). The molecule has 2 aromatic heterocycles. The predicted octanol–water partition coefficient (Wildman–Crippen LogP) is 0.845. The first-order valence-electron chi connectivity index (χ1n) is 5.98. The van der Waals surface area contributed by atoms with Gasteiger partial charge in [0.1, 0.15) is 11.3 Å². The maximum Gasteiger partial charge on any atom is 0.225 e. The number of rotatable bonds is 2. The van der Waals surface area contributed by atoms with E-state index in [0.29, 0.717) is 24.6 Å². The van der Waals surface area contributed by atoms with E-state index in [-0.39, 0.29) is 0 Å². The van der Waals surface area contributed by atoms with Crippen molar-refractivity contribution in [3.05, 3.63) is 28.8 Å². The van der Waals surface area contributed by atoms with Gasteiger partial charge in [-0.1, -0.05) is 0 Å². The van der Waals surface area contributed by atoms with Crippen LogP contribution in [0.5, 0.6) is 0 Å². The molecule has 1 atom stereocenters. The summed E-state index contributed by atoms with van der Waals surface area (Å²) in [5, 5.41) is 21.0. The third kappa shape index (κ3) is 2.45. The van der Waals surface area contributed by atoms with Gasteiger partial charge in [-0.25, -0.2) is 9.97 Å². The van der Waals surface area contributed by atoms with Crippen LogP contribution < -0.4 is 4.90 Å². The number of aromatic amines is 1. The van der Waals surface area contributed by atoms with Crippen molar-refractivity contribution in [2.75, 3.05) is 18.0 Å². The van der Waals surface area contributed by atoms with Gasteiger partial charge in [0.25, 0.3) is 0 Å². The van der Waals surface area contributed by atoms with Gasteiger partial charge in [-0.15, -0.1) is 0 Å². The van der Waals surface area contributed by atoms with Crippen LogP contribution >= 0.6 is 15.9 Å². The van der Waals surface area contributed by atoms with Crippen molar-refractivity contribution < 1.29 is 5.11 Å². The Balaban J connectivity index is 1.83. The molecule has 1 aliphatic rings. The van der Waals surface area contributed by atoms with Gasteiger partial charge in [0.15, 0.2) is 0 Å². The van der Waals surface area contributed by atoms with Crippen molar-refractivity contribution in [1.82, 2.24) is 25.4 Å². The Labute approximate surface area is 118 Å². The second kappa shape index (κ2) is 4.86. The number of nitrogens with one attached hydrogen (secondary N) is 1. The molecular weight excluding hydrogens is 312 g/mol. The van der Waals surface area contributed by atoms with Gasteiger partial charge in [-0.05, 0) is 28.8 Å². The Morgan fingerprint density at radius 3 is 2.79 bits per heavy atom.